The van der Waals surface area contributed by atoms with E-state index in [2.05, 4.69) is 25.3 Å². The number of aromatic amines is 3. The molecule has 4 heterocycles. The fraction of sp³-hybridized carbons (Fsp3) is 0.208. The lowest BCUT2D eigenvalue weighted by molar-refractivity contribution is -0.128. The van der Waals surface area contributed by atoms with Crippen molar-refractivity contribution in [1.82, 2.24) is 29.4 Å². The molecule has 1 unspecified atom stereocenters. The van der Waals surface area contributed by atoms with Gasteiger partial charge < -0.3 is 25.3 Å². The third kappa shape index (κ3) is 3.44. The molecule has 1 amide bonds. The standard InChI is InChI=1S/C24H23N7O3/c32-17-6-8-30(12-17)21(33)11-26-23-22(15-1-3-18-14(9-15)5-7-25-18)31(24(34)29-23)16-2-4-19-20(10-16)28-13-27-19/h1-5,7,9-10,13,17,25-26,32H,6,8,11-12H2,(H,27,28)(H,29,34). The van der Waals surface area contributed by atoms with Gasteiger partial charge in [0.2, 0.25) is 5.91 Å². The minimum absolute atomic E-state index is 0.00561. The van der Waals surface area contributed by atoms with Crippen LogP contribution in [0.5, 0.6) is 0 Å². The molecular weight excluding hydrogens is 434 g/mol. The first-order valence-corrected chi connectivity index (χ1v) is 11.1. The quantitative estimate of drug-likeness (QED) is 0.276. The second-order valence-electron chi connectivity index (χ2n) is 8.51. The van der Waals surface area contributed by atoms with E-state index in [-0.39, 0.29) is 18.1 Å². The minimum Gasteiger partial charge on any atom is -0.391 e. The number of aromatic nitrogens is 5. The van der Waals surface area contributed by atoms with Gasteiger partial charge in [0, 0.05) is 35.8 Å². The Kier molecular flexibility index (Phi) is 4.73. The van der Waals surface area contributed by atoms with Crippen LogP contribution >= 0.6 is 0 Å². The average molecular weight is 457 g/mol. The number of hydrogen-bond acceptors (Lipinski definition) is 5. The van der Waals surface area contributed by atoms with Crippen molar-refractivity contribution in [2.45, 2.75) is 12.5 Å². The van der Waals surface area contributed by atoms with E-state index in [9.17, 15) is 14.7 Å². The summed E-state index contributed by atoms with van der Waals surface area (Å²) in [5, 5.41) is 13.9. The fourth-order valence-electron chi connectivity index (χ4n) is 4.59. The van der Waals surface area contributed by atoms with Crippen LogP contribution in [0.2, 0.25) is 0 Å². The zero-order chi connectivity index (χ0) is 23.2. The lowest BCUT2D eigenvalue weighted by atomic mass is 10.1. The molecule has 0 radical (unpaired) electrons. The summed E-state index contributed by atoms with van der Waals surface area (Å²) in [6, 6.07) is 13.5. The second-order valence-corrected chi connectivity index (χ2v) is 8.51. The van der Waals surface area contributed by atoms with Gasteiger partial charge in [0.05, 0.1) is 41.4 Å². The molecule has 1 saturated heterocycles. The van der Waals surface area contributed by atoms with Gasteiger partial charge in [-0.2, -0.15) is 0 Å². The van der Waals surface area contributed by atoms with E-state index < -0.39 is 6.10 Å². The number of β-amino-alcohol motifs (C(OH)–C–C–N with tert-alkyl or cyclic N) is 1. The Morgan fingerprint density at radius 2 is 2.06 bits per heavy atom. The molecule has 0 spiro atoms. The van der Waals surface area contributed by atoms with Crippen molar-refractivity contribution in [2.24, 2.45) is 0 Å². The lowest BCUT2D eigenvalue weighted by Gasteiger charge is -2.16. The first kappa shape index (κ1) is 20.3. The van der Waals surface area contributed by atoms with E-state index in [1.54, 1.807) is 15.8 Å². The Hall–Kier alpha value is -4.31. The highest BCUT2D eigenvalue weighted by Crippen LogP contribution is 2.31. The number of benzene rings is 2. The van der Waals surface area contributed by atoms with Crippen LogP contribution in [0.25, 0.3) is 38.9 Å². The van der Waals surface area contributed by atoms with E-state index in [0.29, 0.717) is 36.7 Å². The molecule has 1 fully saturated rings. The summed E-state index contributed by atoms with van der Waals surface area (Å²) in [4.78, 5) is 40.9. The van der Waals surface area contributed by atoms with Gasteiger partial charge in [0.1, 0.15) is 5.82 Å². The largest absolute Gasteiger partial charge is 0.391 e. The molecule has 1 atom stereocenters. The molecule has 1 aliphatic rings. The van der Waals surface area contributed by atoms with Crippen molar-refractivity contribution in [3.63, 3.8) is 0 Å². The number of anilines is 1. The lowest BCUT2D eigenvalue weighted by Crippen LogP contribution is -2.34. The number of aliphatic hydroxyl groups is 1. The Labute approximate surface area is 193 Å². The summed E-state index contributed by atoms with van der Waals surface area (Å²) in [6.45, 7) is 0.866. The van der Waals surface area contributed by atoms with Crippen LogP contribution in [0.4, 0.5) is 5.82 Å². The number of nitrogens with one attached hydrogen (secondary N) is 4. The van der Waals surface area contributed by atoms with Crippen molar-refractivity contribution < 1.29 is 9.90 Å². The highest BCUT2D eigenvalue weighted by Gasteiger charge is 2.25. The molecule has 10 heteroatoms. The number of carbonyl (C=O) groups excluding carboxylic acids is 1. The molecule has 6 rings (SSSR count). The number of fused-ring (bicyclic) bond motifs is 2. The maximum atomic E-state index is 13.2. The van der Waals surface area contributed by atoms with Gasteiger partial charge in [-0.1, -0.05) is 6.07 Å². The van der Waals surface area contributed by atoms with Crippen LogP contribution in [-0.4, -0.2) is 66.2 Å². The Bertz CT molecular complexity index is 1570. The molecule has 34 heavy (non-hydrogen) atoms. The van der Waals surface area contributed by atoms with Crippen LogP contribution in [0.1, 0.15) is 6.42 Å². The summed E-state index contributed by atoms with van der Waals surface area (Å²) in [5.41, 5.74) is 4.40. The number of carbonyl (C=O) groups is 1. The molecule has 3 aromatic heterocycles. The number of rotatable bonds is 5. The summed E-state index contributed by atoms with van der Waals surface area (Å²) in [5.74, 6) is 0.328. The highest BCUT2D eigenvalue weighted by molar-refractivity contribution is 5.88. The van der Waals surface area contributed by atoms with E-state index in [1.807, 2.05) is 48.7 Å². The average Bonchev–Trinajstić information content (AvgIpc) is 3.62. The van der Waals surface area contributed by atoms with Gasteiger partial charge in [-0.3, -0.25) is 14.3 Å². The molecule has 0 bridgehead atoms. The van der Waals surface area contributed by atoms with Gasteiger partial charge in [0.25, 0.3) is 0 Å². The molecule has 1 aliphatic heterocycles. The van der Waals surface area contributed by atoms with Crippen LogP contribution in [0.3, 0.4) is 0 Å². The number of aliphatic hydroxyl groups excluding tert-OH is 1. The maximum Gasteiger partial charge on any atom is 0.332 e. The van der Waals surface area contributed by atoms with Crippen molar-refractivity contribution in [2.75, 3.05) is 25.0 Å². The predicted molar refractivity (Wildman–Crippen MR) is 129 cm³/mol. The molecular formula is C24H23N7O3. The topological polar surface area (TPSA) is 135 Å². The number of amides is 1. The third-order valence-electron chi connectivity index (χ3n) is 6.32. The maximum absolute atomic E-state index is 13.2. The molecule has 5 aromatic rings. The van der Waals surface area contributed by atoms with Crippen molar-refractivity contribution in [3.8, 4) is 16.9 Å². The van der Waals surface area contributed by atoms with Crippen molar-refractivity contribution in [3.05, 3.63) is 65.5 Å². The summed E-state index contributed by atoms with van der Waals surface area (Å²) >= 11 is 0. The van der Waals surface area contributed by atoms with Gasteiger partial charge >= 0.3 is 5.69 Å². The summed E-state index contributed by atoms with van der Waals surface area (Å²) in [6.07, 6.45) is 3.58. The first-order chi connectivity index (χ1) is 16.6. The Morgan fingerprint density at radius 3 is 2.91 bits per heavy atom. The number of likely N-dealkylation sites (tertiary alicyclic amines) is 1. The van der Waals surface area contributed by atoms with Gasteiger partial charge in [-0.05, 0) is 42.8 Å². The summed E-state index contributed by atoms with van der Waals surface area (Å²) in [7, 11) is 0. The third-order valence-corrected chi connectivity index (χ3v) is 6.32. The molecule has 5 N–H and O–H groups in total. The molecule has 10 nitrogen and oxygen atoms in total. The van der Waals surface area contributed by atoms with Crippen LogP contribution in [0.15, 0.2) is 59.8 Å². The smallest absolute Gasteiger partial charge is 0.332 e. The zero-order valence-corrected chi connectivity index (χ0v) is 18.2. The van der Waals surface area contributed by atoms with Gasteiger partial charge in [-0.25, -0.2) is 9.78 Å². The predicted octanol–water partition coefficient (Wildman–Crippen LogP) is 2.20. The Morgan fingerprint density at radius 1 is 1.15 bits per heavy atom. The van der Waals surface area contributed by atoms with Gasteiger partial charge in [-0.15, -0.1) is 0 Å². The Balaban J connectivity index is 1.43. The van der Waals surface area contributed by atoms with Crippen LogP contribution < -0.4 is 11.0 Å². The van der Waals surface area contributed by atoms with Crippen molar-refractivity contribution >= 4 is 33.7 Å². The number of imidazole rings is 2. The molecule has 172 valence electrons. The zero-order valence-electron chi connectivity index (χ0n) is 18.2. The first-order valence-electron chi connectivity index (χ1n) is 11.1. The fourth-order valence-corrected chi connectivity index (χ4v) is 4.59. The number of hydrogen-bond donors (Lipinski definition) is 5. The second kappa shape index (κ2) is 7.92. The normalized spacial score (nSPS) is 16.0. The summed E-state index contributed by atoms with van der Waals surface area (Å²) < 4.78 is 1.60. The van der Waals surface area contributed by atoms with Crippen LogP contribution in [0, 0.1) is 0 Å². The number of nitrogens with zero attached hydrogens (tertiary/aromatic N) is 3. The molecule has 0 aliphatic carbocycles. The van der Waals surface area contributed by atoms with Crippen molar-refractivity contribution in [1.29, 1.82) is 0 Å². The van der Waals surface area contributed by atoms with E-state index in [0.717, 1.165) is 27.5 Å². The molecule has 0 saturated carbocycles. The van der Waals surface area contributed by atoms with Gasteiger partial charge in [0.15, 0.2) is 0 Å². The minimum atomic E-state index is -0.481. The molecule has 2 aromatic carbocycles. The SMILES string of the molecule is O=C(CNc1[nH]c(=O)n(-c2ccc3nc[nH]c3c2)c1-c1ccc2[nH]ccc2c1)N1CCC(O)C1. The highest BCUT2D eigenvalue weighted by atomic mass is 16.3. The van der Waals surface area contributed by atoms with Crippen LogP contribution in [-0.2, 0) is 4.79 Å². The van der Waals surface area contributed by atoms with E-state index in [4.69, 9.17) is 0 Å². The van der Waals surface area contributed by atoms with E-state index >= 15 is 0 Å². The number of H-pyrrole nitrogens is 3. The monoisotopic (exact) mass is 457 g/mol. The van der Waals surface area contributed by atoms with E-state index in [1.165, 1.54) is 0 Å².